The molecule has 2 heterocycles. The Bertz CT molecular complexity index is 647. The van der Waals surface area contributed by atoms with Crippen LogP contribution in [0.15, 0.2) is 52.2 Å². The molecule has 5 nitrogen and oxygen atoms in total. The maximum Gasteiger partial charge on any atom is 0.406 e. The van der Waals surface area contributed by atoms with E-state index in [-0.39, 0.29) is 23.1 Å². The minimum atomic E-state index is -4.52. The third kappa shape index (κ3) is 5.51. The number of furan rings is 1. The van der Waals surface area contributed by atoms with Crippen LogP contribution >= 0.6 is 11.8 Å². The predicted molar refractivity (Wildman–Crippen MR) is 76.3 cm³/mol. The van der Waals surface area contributed by atoms with Crippen LogP contribution in [0.2, 0.25) is 0 Å². The average Bonchev–Trinajstić information content (AvgIpc) is 2.97. The zero-order valence-corrected chi connectivity index (χ0v) is 12.6. The van der Waals surface area contributed by atoms with Gasteiger partial charge in [-0.2, -0.15) is 17.9 Å². The molecule has 0 aromatic carbocycles. The van der Waals surface area contributed by atoms with Crippen LogP contribution in [0.25, 0.3) is 0 Å². The summed E-state index contributed by atoms with van der Waals surface area (Å²) in [5, 5.41) is 11.7. The summed E-state index contributed by atoms with van der Waals surface area (Å²) < 4.78 is 43.5. The van der Waals surface area contributed by atoms with Gasteiger partial charge >= 0.3 is 6.18 Å². The number of aromatic nitrogens is 1. The van der Waals surface area contributed by atoms with Gasteiger partial charge in [0, 0.05) is 12.1 Å². The Kier molecular flexibility index (Phi) is 5.54. The lowest BCUT2D eigenvalue weighted by Gasteiger charge is -2.22. The number of hydrogen-bond acceptors (Lipinski definition) is 4. The average molecular weight is 346 g/mol. The molecule has 124 valence electrons. The summed E-state index contributed by atoms with van der Waals surface area (Å²) in [6.45, 7) is -1.66. The first-order valence-corrected chi connectivity index (χ1v) is 7.51. The van der Waals surface area contributed by atoms with Gasteiger partial charge in [-0.25, -0.2) is 0 Å². The first-order valence-electron chi connectivity index (χ1n) is 6.53. The molecular formula is C14H13F3N2O3S. The lowest BCUT2D eigenvalue weighted by atomic mass is 10.3. The van der Waals surface area contributed by atoms with Gasteiger partial charge in [0.25, 0.3) is 5.03 Å². The molecule has 0 saturated carbocycles. The molecule has 0 unspecified atom stereocenters. The molecule has 2 rings (SSSR count). The summed E-state index contributed by atoms with van der Waals surface area (Å²) in [6.07, 6.45) is -1.94. The van der Waals surface area contributed by atoms with Gasteiger partial charge in [-0.1, -0.05) is 0 Å². The highest BCUT2D eigenvalue weighted by Crippen LogP contribution is 2.20. The predicted octanol–water partition coefficient (Wildman–Crippen LogP) is 2.60. The van der Waals surface area contributed by atoms with E-state index >= 15 is 0 Å². The van der Waals surface area contributed by atoms with E-state index in [2.05, 4.69) is 0 Å². The minimum absolute atomic E-state index is 0.241. The molecule has 0 atom stereocenters. The van der Waals surface area contributed by atoms with Crippen molar-refractivity contribution in [3.63, 3.8) is 0 Å². The molecule has 2 aromatic rings. The van der Waals surface area contributed by atoms with E-state index in [1.54, 1.807) is 6.07 Å². The molecular weight excluding hydrogens is 333 g/mol. The van der Waals surface area contributed by atoms with Crippen molar-refractivity contribution in [2.24, 2.45) is 0 Å². The topological polar surface area (TPSA) is 60.4 Å². The van der Waals surface area contributed by atoms with Crippen LogP contribution in [-0.2, 0) is 11.3 Å². The Morgan fingerprint density at radius 3 is 2.70 bits per heavy atom. The molecule has 1 amide bonds. The molecule has 0 bridgehead atoms. The van der Waals surface area contributed by atoms with Crippen LogP contribution in [0.5, 0.6) is 0 Å². The molecule has 0 radical (unpaired) electrons. The quantitative estimate of drug-likeness (QED) is 0.458. The van der Waals surface area contributed by atoms with Crippen LogP contribution < -0.4 is 4.73 Å². The second kappa shape index (κ2) is 7.40. The van der Waals surface area contributed by atoms with E-state index in [9.17, 15) is 23.2 Å². The van der Waals surface area contributed by atoms with Crippen LogP contribution in [0.3, 0.4) is 0 Å². The maximum atomic E-state index is 12.6. The first-order chi connectivity index (χ1) is 10.8. The van der Waals surface area contributed by atoms with Gasteiger partial charge in [0.1, 0.15) is 12.3 Å². The minimum Gasteiger partial charge on any atom is -0.618 e. The van der Waals surface area contributed by atoms with Crippen molar-refractivity contribution in [2.75, 3.05) is 12.3 Å². The molecule has 0 aliphatic heterocycles. The largest absolute Gasteiger partial charge is 0.618 e. The van der Waals surface area contributed by atoms with Gasteiger partial charge in [0.2, 0.25) is 5.91 Å². The first kappa shape index (κ1) is 17.2. The second-order valence-electron chi connectivity index (χ2n) is 4.60. The summed E-state index contributed by atoms with van der Waals surface area (Å²) in [6, 6.07) is 7.64. The number of carbonyl (C=O) groups is 1. The number of thioether (sulfide) groups is 1. The van der Waals surface area contributed by atoms with Crippen molar-refractivity contribution in [2.45, 2.75) is 17.7 Å². The molecule has 0 fully saturated rings. The summed E-state index contributed by atoms with van der Waals surface area (Å²) in [5.41, 5.74) is 0. The maximum absolute atomic E-state index is 12.6. The monoisotopic (exact) mass is 346 g/mol. The van der Waals surface area contributed by atoms with E-state index < -0.39 is 18.6 Å². The zero-order valence-electron chi connectivity index (χ0n) is 11.8. The zero-order chi connectivity index (χ0) is 16.9. The van der Waals surface area contributed by atoms with Crippen molar-refractivity contribution >= 4 is 17.7 Å². The summed E-state index contributed by atoms with van der Waals surface area (Å²) in [5.74, 6) is -0.748. The van der Waals surface area contributed by atoms with Crippen molar-refractivity contribution < 1.29 is 27.1 Å². The highest BCUT2D eigenvalue weighted by molar-refractivity contribution is 7.99. The molecule has 0 aliphatic rings. The number of amides is 1. The van der Waals surface area contributed by atoms with E-state index in [1.807, 2.05) is 0 Å². The van der Waals surface area contributed by atoms with Gasteiger partial charge in [-0.15, -0.1) is 0 Å². The van der Waals surface area contributed by atoms with Crippen molar-refractivity contribution in [1.82, 2.24) is 4.90 Å². The third-order valence-electron chi connectivity index (χ3n) is 2.78. The normalized spacial score (nSPS) is 11.4. The van der Waals surface area contributed by atoms with Gasteiger partial charge in [0.05, 0.1) is 18.6 Å². The van der Waals surface area contributed by atoms with Crippen LogP contribution in [0.1, 0.15) is 5.76 Å². The summed E-state index contributed by atoms with van der Waals surface area (Å²) >= 11 is 0.883. The van der Waals surface area contributed by atoms with Gasteiger partial charge in [-0.05, 0) is 30.0 Å². The summed E-state index contributed by atoms with van der Waals surface area (Å²) in [4.78, 5) is 12.7. The van der Waals surface area contributed by atoms with Crippen LogP contribution in [0, 0.1) is 5.21 Å². The summed E-state index contributed by atoms with van der Waals surface area (Å²) in [7, 11) is 0. The van der Waals surface area contributed by atoms with Crippen molar-refractivity contribution in [3.8, 4) is 0 Å². The molecule has 2 aromatic heterocycles. The number of hydrogen-bond donors (Lipinski definition) is 0. The molecule has 9 heteroatoms. The molecule has 0 spiro atoms. The Labute approximate surface area is 134 Å². The van der Waals surface area contributed by atoms with Gasteiger partial charge in [0.15, 0.2) is 6.20 Å². The SMILES string of the molecule is O=C(CSc1cccc[n+]1[O-])N(Cc1ccco1)CC(F)(F)F. The Hall–Kier alpha value is -2.16. The number of rotatable bonds is 6. The number of alkyl halides is 3. The number of halogens is 3. The smallest absolute Gasteiger partial charge is 0.406 e. The fraction of sp³-hybridized carbons (Fsp3) is 0.286. The fourth-order valence-electron chi connectivity index (χ4n) is 1.79. The Morgan fingerprint density at radius 2 is 2.09 bits per heavy atom. The van der Waals surface area contributed by atoms with E-state index in [1.165, 1.54) is 36.7 Å². The van der Waals surface area contributed by atoms with Gasteiger partial charge in [-0.3, -0.25) is 4.79 Å². The van der Waals surface area contributed by atoms with E-state index in [4.69, 9.17) is 4.42 Å². The Balaban J connectivity index is 2.02. The van der Waals surface area contributed by atoms with Gasteiger partial charge < -0.3 is 14.5 Å². The molecule has 0 aliphatic carbocycles. The van der Waals surface area contributed by atoms with Crippen LogP contribution in [0.4, 0.5) is 13.2 Å². The Morgan fingerprint density at radius 1 is 1.30 bits per heavy atom. The number of carbonyl (C=O) groups excluding carboxylic acids is 1. The van der Waals surface area contributed by atoms with Crippen molar-refractivity contribution in [1.29, 1.82) is 0 Å². The molecule has 0 saturated heterocycles. The van der Waals surface area contributed by atoms with Crippen LogP contribution in [-0.4, -0.2) is 29.3 Å². The highest BCUT2D eigenvalue weighted by Gasteiger charge is 2.33. The fourth-order valence-corrected chi connectivity index (χ4v) is 2.61. The lowest BCUT2D eigenvalue weighted by molar-refractivity contribution is -0.645. The lowest BCUT2D eigenvalue weighted by Crippen LogP contribution is -2.39. The van der Waals surface area contributed by atoms with Crippen molar-refractivity contribution in [3.05, 3.63) is 53.8 Å². The van der Waals surface area contributed by atoms with E-state index in [0.29, 0.717) is 9.63 Å². The molecule has 0 N–H and O–H groups in total. The number of nitrogens with zero attached hydrogens (tertiary/aromatic N) is 2. The highest BCUT2D eigenvalue weighted by atomic mass is 32.2. The molecule has 23 heavy (non-hydrogen) atoms. The standard InChI is InChI=1S/C14H13F3N2O3S/c15-14(16,17)10-18(8-11-4-3-7-22-11)12(20)9-23-13-5-1-2-6-19(13)21/h1-7H,8-10H2. The third-order valence-corrected chi connectivity index (χ3v) is 3.78. The van der Waals surface area contributed by atoms with E-state index in [0.717, 1.165) is 11.8 Å². The number of pyridine rings is 1. The second-order valence-corrected chi connectivity index (χ2v) is 5.59.